The Hall–Kier alpha value is -2.53. The lowest BCUT2D eigenvalue weighted by Gasteiger charge is -2.12. The average Bonchev–Trinajstić information content (AvgIpc) is 2.58. The standard InChI is InChI=1S/C19H24N2O3/c1-14-5-4-6-15(2)19(14)21-18(22)13-20-16-7-9-17(10-8-16)24-12-11-23-3/h4-10,20H,11-13H2,1-3H3,(H,21,22). The lowest BCUT2D eigenvalue weighted by molar-refractivity contribution is -0.114. The summed E-state index contributed by atoms with van der Waals surface area (Å²) >= 11 is 0. The number of rotatable bonds is 8. The summed E-state index contributed by atoms with van der Waals surface area (Å²) < 4.78 is 10.4. The minimum absolute atomic E-state index is 0.0761. The maximum absolute atomic E-state index is 12.1. The predicted molar refractivity (Wildman–Crippen MR) is 96.8 cm³/mol. The van der Waals surface area contributed by atoms with Crippen LogP contribution in [0.4, 0.5) is 11.4 Å². The summed E-state index contributed by atoms with van der Waals surface area (Å²) in [6, 6.07) is 13.4. The summed E-state index contributed by atoms with van der Waals surface area (Å²) in [6.07, 6.45) is 0. The van der Waals surface area contributed by atoms with E-state index >= 15 is 0 Å². The summed E-state index contributed by atoms with van der Waals surface area (Å²) in [4.78, 5) is 12.1. The Balaban J connectivity index is 1.83. The molecule has 1 amide bonds. The Bertz CT molecular complexity index is 649. The molecule has 0 atom stereocenters. The fourth-order valence-electron chi connectivity index (χ4n) is 2.29. The van der Waals surface area contributed by atoms with Crippen molar-refractivity contribution < 1.29 is 14.3 Å². The molecule has 5 nitrogen and oxygen atoms in total. The zero-order valence-electron chi connectivity index (χ0n) is 14.4. The van der Waals surface area contributed by atoms with Crippen molar-refractivity contribution >= 4 is 17.3 Å². The summed E-state index contributed by atoms with van der Waals surface area (Å²) in [7, 11) is 1.64. The molecule has 0 aromatic heterocycles. The van der Waals surface area contributed by atoms with Crippen molar-refractivity contribution in [1.29, 1.82) is 0 Å². The lowest BCUT2D eigenvalue weighted by Crippen LogP contribution is -2.22. The number of carbonyl (C=O) groups is 1. The van der Waals surface area contributed by atoms with Gasteiger partial charge in [0.25, 0.3) is 0 Å². The highest BCUT2D eigenvalue weighted by atomic mass is 16.5. The molecule has 0 bridgehead atoms. The SMILES string of the molecule is COCCOc1ccc(NCC(=O)Nc2c(C)cccc2C)cc1. The van der Waals surface area contributed by atoms with E-state index in [2.05, 4.69) is 10.6 Å². The third-order valence-electron chi connectivity index (χ3n) is 3.61. The van der Waals surface area contributed by atoms with E-state index in [1.807, 2.05) is 56.3 Å². The summed E-state index contributed by atoms with van der Waals surface area (Å²) in [5, 5.41) is 6.06. The van der Waals surface area contributed by atoms with Crippen molar-refractivity contribution in [3.63, 3.8) is 0 Å². The van der Waals surface area contributed by atoms with E-state index in [0.29, 0.717) is 13.2 Å². The molecule has 0 unspecified atom stereocenters. The summed E-state index contributed by atoms with van der Waals surface area (Å²) in [6.45, 7) is 5.24. The van der Waals surface area contributed by atoms with Gasteiger partial charge in [-0.15, -0.1) is 0 Å². The number of aryl methyl sites for hydroxylation is 2. The van der Waals surface area contributed by atoms with Crippen LogP contribution in [0, 0.1) is 13.8 Å². The molecule has 2 N–H and O–H groups in total. The van der Waals surface area contributed by atoms with Gasteiger partial charge in [-0.3, -0.25) is 4.79 Å². The molecule has 0 aliphatic heterocycles. The van der Waals surface area contributed by atoms with Gasteiger partial charge in [0.1, 0.15) is 12.4 Å². The predicted octanol–water partition coefficient (Wildman–Crippen LogP) is 3.38. The van der Waals surface area contributed by atoms with Crippen molar-refractivity contribution in [1.82, 2.24) is 0 Å². The smallest absolute Gasteiger partial charge is 0.243 e. The molecular weight excluding hydrogens is 304 g/mol. The molecule has 0 heterocycles. The Kier molecular flexibility index (Phi) is 6.63. The highest BCUT2D eigenvalue weighted by molar-refractivity contribution is 5.95. The fraction of sp³-hybridized carbons (Fsp3) is 0.316. The third-order valence-corrected chi connectivity index (χ3v) is 3.61. The first kappa shape index (κ1) is 17.8. The molecule has 0 radical (unpaired) electrons. The van der Waals surface area contributed by atoms with Crippen LogP contribution in [0.1, 0.15) is 11.1 Å². The second-order valence-corrected chi connectivity index (χ2v) is 5.53. The maximum Gasteiger partial charge on any atom is 0.243 e. The van der Waals surface area contributed by atoms with Gasteiger partial charge in [-0.2, -0.15) is 0 Å². The van der Waals surface area contributed by atoms with Crippen LogP contribution in [0.15, 0.2) is 42.5 Å². The van der Waals surface area contributed by atoms with Crippen LogP contribution < -0.4 is 15.4 Å². The highest BCUT2D eigenvalue weighted by Crippen LogP contribution is 2.19. The maximum atomic E-state index is 12.1. The molecule has 5 heteroatoms. The van der Waals surface area contributed by atoms with E-state index in [4.69, 9.17) is 9.47 Å². The van der Waals surface area contributed by atoms with E-state index < -0.39 is 0 Å². The van der Waals surface area contributed by atoms with Crippen LogP contribution in [-0.2, 0) is 9.53 Å². The van der Waals surface area contributed by atoms with Crippen molar-refractivity contribution in [2.24, 2.45) is 0 Å². The highest BCUT2D eigenvalue weighted by Gasteiger charge is 2.07. The number of nitrogens with one attached hydrogen (secondary N) is 2. The van der Waals surface area contributed by atoms with Gasteiger partial charge < -0.3 is 20.1 Å². The van der Waals surface area contributed by atoms with Gasteiger partial charge in [0.15, 0.2) is 0 Å². The molecule has 0 aliphatic carbocycles. The molecule has 128 valence electrons. The molecule has 0 aliphatic rings. The average molecular weight is 328 g/mol. The monoisotopic (exact) mass is 328 g/mol. The largest absolute Gasteiger partial charge is 0.491 e. The Labute approximate surface area is 143 Å². The second-order valence-electron chi connectivity index (χ2n) is 5.53. The van der Waals surface area contributed by atoms with Crippen LogP contribution in [-0.4, -0.2) is 32.8 Å². The topological polar surface area (TPSA) is 59.6 Å². The van der Waals surface area contributed by atoms with Crippen LogP contribution in [0.5, 0.6) is 5.75 Å². The van der Waals surface area contributed by atoms with Crippen LogP contribution in [0.25, 0.3) is 0 Å². The van der Waals surface area contributed by atoms with E-state index in [1.165, 1.54) is 0 Å². The van der Waals surface area contributed by atoms with Crippen molar-refractivity contribution in [2.45, 2.75) is 13.8 Å². The van der Waals surface area contributed by atoms with Gasteiger partial charge in [-0.1, -0.05) is 18.2 Å². The minimum atomic E-state index is -0.0761. The summed E-state index contributed by atoms with van der Waals surface area (Å²) in [5.74, 6) is 0.699. The molecule has 2 rings (SSSR count). The summed E-state index contributed by atoms with van der Waals surface area (Å²) in [5.41, 5.74) is 3.86. The Morgan fingerprint density at radius 1 is 1.00 bits per heavy atom. The number of amides is 1. The van der Waals surface area contributed by atoms with Crippen molar-refractivity contribution in [2.75, 3.05) is 37.5 Å². The molecule has 2 aromatic carbocycles. The number of carbonyl (C=O) groups excluding carboxylic acids is 1. The Morgan fingerprint density at radius 3 is 2.29 bits per heavy atom. The van der Waals surface area contributed by atoms with E-state index in [1.54, 1.807) is 7.11 Å². The molecule has 0 fully saturated rings. The van der Waals surface area contributed by atoms with Gasteiger partial charge in [-0.05, 0) is 49.2 Å². The lowest BCUT2D eigenvalue weighted by atomic mass is 10.1. The van der Waals surface area contributed by atoms with Gasteiger partial charge in [-0.25, -0.2) is 0 Å². The first-order valence-electron chi connectivity index (χ1n) is 7.92. The number of anilines is 2. The van der Waals surface area contributed by atoms with Gasteiger partial charge >= 0.3 is 0 Å². The molecule has 0 saturated heterocycles. The quantitative estimate of drug-likeness (QED) is 0.729. The number of para-hydroxylation sites is 1. The zero-order chi connectivity index (χ0) is 17.4. The molecule has 2 aromatic rings. The van der Waals surface area contributed by atoms with Crippen LogP contribution >= 0.6 is 0 Å². The number of methoxy groups -OCH3 is 1. The Morgan fingerprint density at radius 2 is 1.67 bits per heavy atom. The number of hydrogen-bond acceptors (Lipinski definition) is 4. The van der Waals surface area contributed by atoms with E-state index in [9.17, 15) is 4.79 Å². The second kappa shape index (κ2) is 8.93. The number of hydrogen-bond donors (Lipinski definition) is 2. The first-order valence-corrected chi connectivity index (χ1v) is 7.92. The molecular formula is C19H24N2O3. The third kappa shape index (κ3) is 5.28. The van der Waals surface area contributed by atoms with Crippen LogP contribution in [0.2, 0.25) is 0 Å². The normalized spacial score (nSPS) is 10.3. The number of ether oxygens (including phenoxy) is 2. The molecule has 0 spiro atoms. The minimum Gasteiger partial charge on any atom is -0.491 e. The van der Waals surface area contributed by atoms with E-state index in [-0.39, 0.29) is 12.5 Å². The van der Waals surface area contributed by atoms with Crippen molar-refractivity contribution in [3.05, 3.63) is 53.6 Å². The van der Waals surface area contributed by atoms with Gasteiger partial charge in [0, 0.05) is 18.5 Å². The fourth-order valence-corrected chi connectivity index (χ4v) is 2.29. The van der Waals surface area contributed by atoms with Crippen molar-refractivity contribution in [3.8, 4) is 5.75 Å². The number of benzene rings is 2. The van der Waals surface area contributed by atoms with Crippen LogP contribution in [0.3, 0.4) is 0 Å². The first-order chi connectivity index (χ1) is 11.6. The molecule has 0 saturated carbocycles. The van der Waals surface area contributed by atoms with E-state index in [0.717, 1.165) is 28.3 Å². The molecule has 24 heavy (non-hydrogen) atoms. The van der Waals surface area contributed by atoms with Gasteiger partial charge in [0.05, 0.1) is 13.2 Å². The zero-order valence-corrected chi connectivity index (χ0v) is 14.4. The van der Waals surface area contributed by atoms with Gasteiger partial charge in [0.2, 0.25) is 5.91 Å².